The summed E-state index contributed by atoms with van der Waals surface area (Å²) in [5.74, 6) is -0.910. The highest BCUT2D eigenvalue weighted by Gasteiger charge is 2.51. The Morgan fingerprint density at radius 1 is 1.15 bits per heavy atom. The fourth-order valence-corrected chi connectivity index (χ4v) is 2.71. The summed E-state index contributed by atoms with van der Waals surface area (Å²) in [6.07, 6.45) is 1.71. The zero-order chi connectivity index (χ0) is 15.4. The summed E-state index contributed by atoms with van der Waals surface area (Å²) < 4.78 is 16.1. The quantitative estimate of drug-likeness (QED) is 0.727. The van der Waals surface area contributed by atoms with Gasteiger partial charge in [-0.05, 0) is 47.5 Å². The highest BCUT2D eigenvalue weighted by Crippen LogP contribution is 2.41. The molecule has 0 spiro atoms. The van der Waals surface area contributed by atoms with Crippen molar-refractivity contribution in [1.29, 1.82) is 0 Å². The van der Waals surface area contributed by atoms with Gasteiger partial charge in [-0.2, -0.15) is 0 Å². The van der Waals surface area contributed by atoms with Crippen molar-refractivity contribution < 1.29 is 23.8 Å². The van der Waals surface area contributed by atoms with E-state index in [0.717, 1.165) is 12.8 Å². The van der Waals surface area contributed by atoms with Crippen molar-refractivity contribution in [3.63, 3.8) is 0 Å². The van der Waals surface area contributed by atoms with Gasteiger partial charge in [0.2, 0.25) is 0 Å². The van der Waals surface area contributed by atoms with E-state index >= 15 is 0 Å². The zero-order valence-electron chi connectivity index (χ0n) is 13.2. The van der Waals surface area contributed by atoms with Crippen molar-refractivity contribution in [2.24, 2.45) is 5.92 Å². The predicted octanol–water partition coefficient (Wildman–Crippen LogP) is 2.47. The Kier molecular flexibility index (Phi) is 5.57. The molecule has 0 bridgehead atoms. The van der Waals surface area contributed by atoms with E-state index in [1.165, 1.54) is 0 Å². The fourth-order valence-electron chi connectivity index (χ4n) is 2.71. The molecule has 0 saturated carbocycles. The molecule has 0 radical (unpaired) electrons. The van der Waals surface area contributed by atoms with Crippen LogP contribution in [-0.4, -0.2) is 36.4 Å². The Morgan fingerprint density at radius 2 is 1.75 bits per heavy atom. The van der Waals surface area contributed by atoms with Gasteiger partial charge < -0.3 is 14.2 Å². The maximum Gasteiger partial charge on any atom is 0.338 e. The average molecular weight is 286 g/mol. The van der Waals surface area contributed by atoms with E-state index in [4.69, 9.17) is 14.2 Å². The van der Waals surface area contributed by atoms with Crippen molar-refractivity contribution >= 4 is 11.9 Å². The minimum atomic E-state index is -1.09. The number of hydrogen-bond acceptors (Lipinski definition) is 5. The van der Waals surface area contributed by atoms with Gasteiger partial charge in [-0.1, -0.05) is 0 Å². The largest absolute Gasteiger partial charge is 0.466 e. The molecule has 0 aromatic rings. The first-order chi connectivity index (χ1) is 9.25. The van der Waals surface area contributed by atoms with Crippen LogP contribution in [0.3, 0.4) is 0 Å². The lowest BCUT2D eigenvalue weighted by Crippen LogP contribution is -2.55. The lowest BCUT2D eigenvalue weighted by Gasteiger charge is -2.46. The third-order valence-electron chi connectivity index (χ3n) is 3.76. The summed E-state index contributed by atoms with van der Waals surface area (Å²) in [4.78, 5) is 24.0. The number of esters is 2. The molecule has 1 rings (SSSR count). The molecule has 20 heavy (non-hydrogen) atoms. The van der Waals surface area contributed by atoms with E-state index in [1.807, 2.05) is 13.8 Å². The van der Waals surface area contributed by atoms with Gasteiger partial charge in [0.25, 0.3) is 0 Å². The van der Waals surface area contributed by atoms with Crippen LogP contribution in [0.4, 0.5) is 0 Å². The second-order valence-corrected chi connectivity index (χ2v) is 5.93. The van der Waals surface area contributed by atoms with Crippen LogP contribution in [0.5, 0.6) is 0 Å². The molecule has 5 heteroatoms. The molecular weight excluding hydrogens is 260 g/mol. The molecule has 0 aromatic carbocycles. The van der Waals surface area contributed by atoms with Gasteiger partial charge in [-0.3, -0.25) is 4.79 Å². The molecule has 116 valence electrons. The summed E-state index contributed by atoms with van der Waals surface area (Å²) in [7, 11) is 0. The molecule has 1 aliphatic heterocycles. The summed E-state index contributed by atoms with van der Waals surface area (Å²) in [6, 6.07) is 0. The first-order valence-electron chi connectivity index (χ1n) is 7.28. The lowest BCUT2D eigenvalue weighted by molar-refractivity contribution is -0.220. The van der Waals surface area contributed by atoms with E-state index in [9.17, 15) is 9.59 Å². The number of carbonyl (C=O) groups excluding carboxylic acids is 2. The van der Waals surface area contributed by atoms with Gasteiger partial charge in [0.1, 0.15) is 0 Å². The molecule has 1 aliphatic rings. The smallest absolute Gasteiger partial charge is 0.338 e. The van der Waals surface area contributed by atoms with Crippen LogP contribution in [0.1, 0.15) is 53.9 Å². The van der Waals surface area contributed by atoms with Crippen LogP contribution in [0.15, 0.2) is 0 Å². The maximum absolute atomic E-state index is 12.3. The van der Waals surface area contributed by atoms with Gasteiger partial charge >= 0.3 is 11.9 Å². The highest BCUT2D eigenvalue weighted by atomic mass is 16.6. The van der Waals surface area contributed by atoms with Gasteiger partial charge in [-0.15, -0.1) is 0 Å². The molecule has 5 nitrogen and oxygen atoms in total. The average Bonchev–Trinajstić information content (AvgIpc) is 2.33. The molecule has 1 fully saturated rings. The van der Waals surface area contributed by atoms with E-state index in [2.05, 4.69) is 0 Å². The Labute approximate surface area is 121 Å². The van der Waals surface area contributed by atoms with Crippen molar-refractivity contribution in [2.45, 2.75) is 65.1 Å². The van der Waals surface area contributed by atoms with Crippen molar-refractivity contribution in [3.05, 3.63) is 0 Å². The zero-order valence-corrected chi connectivity index (χ0v) is 13.2. The minimum absolute atomic E-state index is 0.180. The monoisotopic (exact) mass is 286 g/mol. The third kappa shape index (κ3) is 3.95. The van der Waals surface area contributed by atoms with Gasteiger partial charge in [0.15, 0.2) is 5.60 Å². The van der Waals surface area contributed by atoms with Crippen LogP contribution in [0.25, 0.3) is 0 Å². The summed E-state index contributed by atoms with van der Waals surface area (Å²) in [5, 5.41) is 0. The molecule has 0 unspecified atom stereocenters. The Bertz CT molecular complexity index is 363. The molecule has 0 amide bonds. The van der Waals surface area contributed by atoms with Crippen LogP contribution in [0, 0.1) is 5.92 Å². The topological polar surface area (TPSA) is 61.8 Å². The molecule has 1 heterocycles. The number of rotatable bonds is 5. The molecule has 0 aromatic heterocycles. The van der Waals surface area contributed by atoms with Crippen molar-refractivity contribution in [2.75, 3.05) is 13.2 Å². The molecule has 1 saturated heterocycles. The van der Waals surface area contributed by atoms with E-state index in [-0.39, 0.29) is 18.3 Å². The molecule has 2 atom stereocenters. The highest BCUT2D eigenvalue weighted by molar-refractivity contribution is 5.81. The first-order valence-corrected chi connectivity index (χ1v) is 7.28. The van der Waals surface area contributed by atoms with E-state index in [0.29, 0.717) is 13.2 Å². The second-order valence-electron chi connectivity index (χ2n) is 5.93. The summed E-state index contributed by atoms with van der Waals surface area (Å²) >= 11 is 0. The molecule has 0 aliphatic carbocycles. The van der Waals surface area contributed by atoms with Crippen molar-refractivity contribution in [1.82, 2.24) is 0 Å². The summed E-state index contributed by atoms with van der Waals surface area (Å²) in [5.41, 5.74) is -1.49. The standard InChI is InChI=1S/C15H26O5/c1-6-18-12(16)10-11-8-9-14(3,4)20-15(11,5)13(17)19-7-2/h11H,6-10H2,1-5H3/t11-,15+/m0/s1. The predicted molar refractivity (Wildman–Crippen MR) is 74.2 cm³/mol. The Morgan fingerprint density at radius 3 is 2.30 bits per heavy atom. The third-order valence-corrected chi connectivity index (χ3v) is 3.76. The lowest BCUT2D eigenvalue weighted by atomic mass is 9.76. The van der Waals surface area contributed by atoms with Crippen LogP contribution < -0.4 is 0 Å². The number of ether oxygens (including phenoxy) is 3. The Hall–Kier alpha value is -1.10. The number of hydrogen-bond donors (Lipinski definition) is 0. The van der Waals surface area contributed by atoms with Crippen LogP contribution >= 0.6 is 0 Å². The summed E-state index contributed by atoms with van der Waals surface area (Å²) in [6.45, 7) is 9.78. The van der Waals surface area contributed by atoms with E-state index in [1.54, 1.807) is 20.8 Å². The van der Waals surface area contributed by atoms with Gasteiger partial charge in [0.05, 0.1) is 25.2 Å². The van der Waals surface area contributed by atoms with Gasteiger partial charge in [-0.25, -0.2) is 4.79 Å². The van der Waals surface area contributed by atoms with Crippen LogP contribution in [-0.2, 0) is 23.8 Å². The molecular formula is C15H26O5. The maximum atomic E-state index is 12.3. The Balaban J connectivity index is 2.89. The first kappa shape index (κ1) is 17.0. The number of carbonyl (C=O) groups is 2. The SMILES string of the molecule is CCOC(=O)C[C@@H]1CCC(C)(C)O[C@@]1(C)C(=O)OCC. The minimum Gasteiger partial charge on any atom is -0.466 e. The van der Waals surface area contributed by atoms with Crippen LogP contribution in [0.2, 0.25) is 0 Å². The normalized spacial score (nSPS) is 28.8. The van der Waals surface area contributed by atoms with E-state index < -0.39 is 17.2 Å². The van der Waals surface area contributed by atoms with Gasteiger partial charge in [0, 0.05) is 5.92 Å². The fraction of sp³-hybridized carbons (Fsp3) is 0.867. The second kappa shape index (κ2) is 6.57. The van der Waals surface area contributed by atoms with Crippen molar-refractivity contribution in [3.8, 4) is 0 Å². The molecule has 0 N–H and O–H groups in total.